The predicted molar refractivity (Wildman–Crippen MR) is 82.9 cm³/mol. The van der Waals surface area contributed by atoms with Crippen LogP contribution in [0.25, 0.3) is 0 Å². The van der Waals surface area contributed by atoms with Crippen LogP contribution in [0.4, 0.5) is 0 Å². The number of carbonyl (C=O) groups excluding carboxylic acids is 1. The molecule has 122 valence electrons. The molecule has 3 atom stereocenters. The first-order chi connectivity index (χ1) is 10.1. The quantitative estimate of drug-likeness (QED) is 0.820. The van der Waals surface area contributed by atoms with Gasteiger partial charge in [0.05, 0.1) is 12.2 Å². The zero-order valence-corrected chi connectivity index (χ0v) is 13.5. The van der Waals surface area contributed by atoms with E-state index < -0.39 is 0 Å². The molecule has 1 amide bonds. The Balaban J connectivity index is 1.90. The van der Waals surface area contributed by atoms with Crippen LogP contribution in [-0.4, -0.2) is 35.9 Å². The van der Waals surface area contributed by atoms with Crippen molar-refractivity contribution < 1.29 is 14.6 Å². The van der Waals surface area contributed by atoms with Crippen LogP contribution in [0.2, 0.25) is 0 Å². The average molecular weight is 297 g/mol. The summed E-state index contributed by atoms with van der Waals surface area (Å²) in [5.41, 5.74) is 0. The van der Waals surface area contributed by atoms with Gasteiger partial charge in [0.15, 0.2) is 0 Å². The Kier molecular flexibility index (Phi) is 6.49. The Bertz CT molecular complexity index is 318. The van der Waals surface area contributed by atoms with Crippen LogP contribution in [0.1, 0.15) is 65.2 Å². The number of nitrogens with one attached hydrogen (secondary N) is 1. The van der Waals surface area contributed by atoms with Crippen molar-refractivity contribution >= 4 is 5.91 Å². The van der Waals surface area contributed by atoms with Gasteiger partial charge in [0.1, 0.15) is 0 Å². The number of aliphatic hydroxyl groups is 1. The molecule has 0 aromatic rings. The van der Waals surface area contributed by atoms with Gasteiger partial charge in [0.25, 0.3) is 0 Å². The van der Waals surface area contributed by atoms with Crippen molar-refractivity contribution in [1.82, 2.24) is 5.32 Å². The van der Waals surface area contributed by atoms with Crippen molar-refractivity contribution in [3.05, 3.63) is 0 Å². The molecule has 1 aliphatic heterocycles. The average Bonchev–Trinajstić information content (AvgIpc) is 2.46. The van der Waals surface area contributed by atoms with Gasteiger partial charge in [0, 0.05) is 18.6 Å². The van der Waals surface area contributed by atoms with Gasteiger partial charge in [-0.2, -0.15) is 0 Å². The van der Waals surface area contributed by atoms with Gasteiger partial charge in [-0.15, -0.1) is 0 Å². The molecule has 2 fully saturated rings. The van der Waals surface area contributed by atoms with E-state index in [-0.39, 0.29) is 36.7 Å². The fourth-order valence-electron chi connectivity index (χ4n) is 4.02. The first kappa shape index (κ1) is 16.8. The third-order valence-electron chi connectivity index (χ3n) is 5.05. The first-order valence-electron chi connectivity index (χ1n) is 8.66. The molecule has 0 aromatic carbocycles. The van der Waals surface area contributed by atoms with E-state index in [2.05, 4.69) is 5.32 Å². The molecule has 1 heterocycles. The van der Waals surface area contributed by atoms with E-state index in [1.165, 1.54) is 32.1 Å². The van der Waals surface area contributed by atoms with Crippen LogP contribution >= 0.6 is 0 Å². The van der Waals surface area contributed by atoms with Crippen molar-refractivity contribution in [3.8, 4) is 0 Å². The van der Waals surface area contributed by atoms with Crippen LogP contribution in [0.5, 0.6) is 0 Å². The standard InChI is InChI=1S/C17H31NO3/c1-12-10-15(11-13(2)21-12)17(20)18-16(8-9-19)14-6-4-3-5-7-14/h12-16,19H,3-11H2,1-2H3,(H,18,20). The fourth-order valence-corrected chi connectivity index (χ4v) is 4.02. The maximum absolute atomic E-state index is 12.6. The van der Waals surface area contributed by atoms with Crippen molar-refractivity contribution in [1.29, 1.82) is 0 Å². The molecule has 1 saturated heterocycles. The van der Waals surface area contributed by atoms with E-state index in [0.717, 1.165) is 12.8 Å². The zero-order chi connectivity index (χ0) is 15.2. The van der Waals surface area contributed by atoms with Crippen molar-refractivity contribution in [2.75, 3.05) is 6.61 Å². The number of amides is 1. The minimum absolute atomic E-state index is 0.0635. The highest BCUT2D eigenvalue weighted by Crippen LogP contribution is 2.29. The van der Waals surface area contributed by atoms with Crippen LogP contribution in [0, 0.1) is 11.8 Å². The third-order valence-corrected chi connectivity index (χ3v) is 5.05. The second kappa shape index (κ2) is 8.14. The lowest BCUT2D eigenvalue weighted by Crippen LogP contribution is -2.46. The molecule has 3 unspecified atom stereocenters. The minimum atomic E-state index is 0.0635. The molecule has 2 rings (SSSR count). The second-order valence-corrected chi connectivity index (χ2v) is 6.95. The second-order valence-electron chi connectivity index (χ2n) is 6.95. The van der Waals surface area contributed by atoms with Crippen molar-refractivity contribution in [2.24, 2.45) is 11.8 Å². The van der Waals surface area contributed by atoms with Gasteiger partial charge in [-0.05, 0) is 51.9 Å². The zero-order valence-electron chi connectivity index (χ0n) is 13.5. The molecule has 4 heteroatoms. The van der Waals surface area contributed by atoms with E-state index in [1.54, 1.807) is 0 Å². The van der Waals surface area contributed by atoms with Gasteiger partial charge in [-0.1, -0.05) is 19.3 Å². The summed E-state index contributed by atoms with van der Waals surface area (Å²) in [4.78, 5) is 12.6. The molecule has 1 saturated carbocycles. The number of aliphatic hydroxyl groups excluding tert-OH is 1. The van der Waals surface area contributed by atoms with Gasteiger partial charge < -0.3 is 15.2 Å². The fraction of sp³-hybridized carbons (Fsp3) is 0.941. The van der Waals surface area contributed by atoms with Gasteiger partial charge in [-0.3, -0.25) is 4.79 Å². The smallest absolute Gasteiger partial charge is 0.223 e. The van der Waals surface area contributed by atoms with Gasteiger partial charge in [-0.25, -0.2) is 0 Å². The lowest BCUT2D eigenvalue weighted by Gasteiger charge is -2.35. The summed E-state index contributed by atoms with van der Waals surface area (Å²) in [7, 11) is 0. The Labute approximate surface area is 128 Å². The summed E-state index contributed by atoms with van der Waals surface area (Å²) in [6.45, 7) is 4.24. The highest BCUT2D eigenvalue weighted by molar-refractivity contribution is 5.79. The molecule has 0 aromatic heterocycles. The maximum Gasteiger partial charge on any atom is 0.223 e. The Morgan fingerprint density at radius 3 is 2.38 bits per heavy atom. The van der Waals surface area contributed by atoms with Gasteiger partial charge in [0.2, 0.25) is 5.91 Å². The van der Waals surface area contributed by atoms with E-state index in [4.69, 9.17) is 4.74 Å². The van der Waals surface area contributed by atoms with E-state index >= 15 is 0 Å². The highest BCUT2D eigenvalue weighted by Gasteiger charge is 2.32. The van der Waals surface area contributed by atoms with Gasteiger partial charge >= 0.3 is 0 Å². The molecule has 0 bridgehead atoms. The summed E-state index contributed by atoms with van der Waals surface area (Å²) < 4.78 is 5.72. The molecule has 0 spiro atoms. The molecular formula is C17H31NO3. The highest BCUT2D eigenvalue weighted by atomic mass is 16.5. The van der Waals surface area contributed by atoms with Crippen LogP contribution in [-0.2, 0) is 9.53 Å². The normalized spacial score (nSPS) is 32.6. The summed E-state index contributed by atoms with van der Waals surface area (Å²) in [5, 5.41) is 12.5. The number of hydrogen-bond donors (Lipinski definition) is 2. The molecule has 0 radical (unpaired) electrons. The number of hydrogen-bond acceptors (Lipinski definition) is 3. The molecular weight excluding hydrogens is 266 g/mol. The number of rotatable bonds is 5. The molecule has 2 N–H and O–H groups in total. The molecule has 2 aliphatic rings. The topological polar surface area (TPSA) is 58.6 Å². The van der Waals surface area contributed by atoms with Crippen LogP contribution in [0.3, 0.4) is 0 Å². The third kappa shape index (κ3) is 4.96. The van der Waals surface area contributed by atoms with Crippen molar-refractivity contribution in [3.63, 3.8) is 0 Å². The Morgan fingerprint density at radius 1 is 1.19 bits per heavy atom. The first-order valence-corrected chi connectivity index (χ1v) is 8.66. The van der Waals surface area contributed by atoms with Crippen LogP contribution < -0.4 is 5.32 Å². The summed E-state index contributed by atoms with van der Waals surface area (Å²) >= 11 is 0. The van der Waals surface area contributed by atoms with E-state index in [9.17, 15) is 9.90 Å². The summed E-state index contributed by atoms with van der Waals surface area (Å²) in [6.07, 6.45) is 8.83. The lowest BCUT2D eigenvalue weighted by atomic mass is 9.82. The number of ether oxygens (including phenoxy) is 1. The maximum atomic E-state index is 12.6. The summed E-state index contributed by atoms with van der Waals surface area (Å²) in [5.74, 6) is 0.777. The summed E-state index contributed by atoms with van der Waals surface area (Å²) in [6, 6.07) is 0.149. The monoisotopic (exact) mass is 297 g/mol. The lowest BCUT2D eigenvalue weighted by molar-refractivity contribution is -0.134. The van der Waals surface area contributed by atoms with E-state index in [1.807, 2.05) is 13.8 Å². The van der Waals surface area contributed by atoms with Crippen molar-refractivity contribution in [2.45, 2.75) is 83.5 Å². The SMILES string of the molecule is CC1CC(C(=O)NC(CCO)C2CCCCC2)CC(C)O1. The largest absolute Gasteiger partial charge is 0.396 e. The minimum Gasteiger partial charge on any atom is -0.396 e. The Hall–Kier alpha value is -0.610. The van der Waals surface area contributed by atoms with Crippen LogP contribution in [0.15, 0.2) is 0 Å². The van der Waals surface area contributed by atoms with E-state index in [0.29, 0.717) is 12.3 Å². The molecule has 4 nitrogen and oxygen atoms in total. The predicted octanol–water partition coefficient (Wildman–Crippen LogP) is 2.64. The Morgan fingerprint density at radius 2 is 1.81 bits per heavy atom. The number of carbonyl (C=O) groups is 1. The molecule has 1 aliphatic carbocycles. The molecule has 21 heavy (non-hydrogen) atoms.